The summed E-state index contributed by atoms with van der Waals surface area (Å²) in [5.41, 5.74) is 3.18. The molecule has 0 radical (unpaired) electrons. The molecule has 28 heavy (non-hydrogen) atoms. The van der Waals surface area contributed by atoms with Crippen LogP contribution < -0.4 is 5.32 Å². The second-order valence-corrected chi connectivity index (χ2v) is 7.67. The van der Waals surface area contributed by atoms with Crippen LogP contribution in [0.25, 0.3) is 0 Å². The third-order valence-electron chi connectivity index (χ3n) is 4.66. The fraction of sp³-hybridized carbons (Fsp3) is 0.304. The molecule has 2 aromatic carbocycles. The van der Waals surface area contributed by atoms with Crippen molar-refractivity contribution in [2.24, 2.45) is 0 Å². The van der Waals surface area contributed by atoms with Gasteiger partial charge in [0.15, 0.2) is 0 Å². The Balaban J connectivity index is 1.63. The van der Waals surface area contributed by atoms with Crippen LogP contribution in [0.1, 0.15) is 47.3 Å². The molecule has 0 atom stereocenters. The summed E-state index contributed by atoms with van der Waals surface area (Å²) in [7, 11) is 0. The van der Waals surface area contributed by atoms with Gasteiger partial charge in [-0.3, -0.25) is 9.48 Å². The highest BCUT2D eigenvalue weighted by Gasteiger charge is 2.13. The number of nitrogens with zero attached hydrogens (tertiary/aromatic N) is 2. The van der Waals surface area contributed by atoms with Gasteiger partial charge >= 0.3 is 0 Å². The van der Waals surface area contributed by atoms with Crippen molar-refractivity contribution in [2.75, 3.05) is 0 Å². The molecule has 3 aromatic rings. The van der Waals surface area contributed by atoms with Crippen LogP contribution in [0.2, 0.25) is 0 Å². The van der Waals surface area contributed by atoms with Crippen LogP contribution in [-0.4, -0.2) is 26.4 Å². The Labute approximate surface area is 166 Å². The molecule has 0 spiro atoms. The molecule has 0 aliphatic carbocycles. The van der Waals surface area contributed by atoms with Crippen LogP contribution in [0.15, 0.2) is 67.0 Å². The van der Waals surface area contributed by atoms with Gasteiger partial charge in [0.25, 0.3) is 5.91 Å². The van der Waals surface area contributed by atoms with Gasteiger partial charge in [0.05, 0.1) is 12.1 Å². The SMILES string of the molecule is CC(C)(O)CCc1cccc(C(=O)NCc2ccccc2Cn2cccn2)c1. The fourth-order valence-electron chi connectivity index (χ4n) is 3.05. The van der Waals surface area contributed by atoms with Crippen molar-refractivity contribution < 1.29 is 9.90 Å². The average Bonchev–Trinajstić information content (AvgIpc) is 3.18. The molecule has 5 heteroatoms. The lowest BCUT2D eigenvalue weighted by atomic mass is 9.98. The minimum absolute atomic E-state index is 0.0981. The van der Waals surface area contributed by atoms with E-state index < -0.39 is 5.60 Å². The van der Waals surface area contributed by atoms with Crippen molar-refractivity contribution in [2.45, 2.75) is 45.4 Å². The van der Waals surface area contributed by atoms with E-state index in [9.17, 15) is 9.90 Å². The smallest absolute Gasteiger partial charge is 0.251 e. The number of aliphatic hydroxyl groups is 1. The Morgan fingerprint density at radius 1 is 1.11 bits per heavy atom. The number of nitrogens with one attached hydrogen (secondary N) is 1. The van der Waals surface area contributed by atoms with E-state index in [1.807, 2.05) is 59.4 Å². The average molecular weight is 377 g/mol. The van der Waals surface area contributed by atoms with Crippen molar-refractivity contribution in [3.05, 3.63) is 89.2 Å². The Bertz CT molecular complexity index is 912. The maximum absolute atomic E-state index is 12.6. The van der Waals surface area contributed by atoms with Crippen molar-refractivity contribution >= 4 is 5.91 Å². The molecular weight excluding hydrogens is 350 g/mol. The first kappa shape index (κ1) is 19.8. The summed E-state index contributed by atoms with van der Waals surface area (Å²) in [5.74, 6) is -0.0981. The summed E-state index contributed by atoms with van der Waals surface area (Å²) < 4.78 is 1.87. The molecule has 146 valence electrons. The first-order valence-electron chi connectivity index (χ1n) is 9.54. The Morgan fingerprint density at radius 3 is 2.61 bits per heavy atom. The summed E-state index contributed by atoms with van der Waals surface area (Å²) in [4.78, 5) is 12.6. The molecule has 3 rings (SSSR count). The number of hydrogen-bond acceptors (Lipinski definition) is 3. The molecule has 5 nitrogen and oxygen atoms in total. The van der Waals surface area contributed by atoms with Gasteiger partial charge in [-0.1, -0.05) is 36.4 Å². The van der Waals surface area contributed by atoms with Gasteiger partial charge in [-0.15, -0.1) is 0 Å². The van der Waals surface area contributed by atoms with Crippen LogP contribution in [0, 0.1) is 0 Å². The van der Waals surface area contributed by atoms with Crippen LogP contribution in [0.3, 0.4) is 0 Å². The molecule has 1 heterocycles. The Hall–Kier alpha value is -2.92. The summed E-state index contributed by atoms with van der Waals surface area (Å²) in [6.07, 6.45) is 5.07. The summed E-state index contributed by atoms with van der Waals surface area (Å²) in [5, 5.41) is 17.2. The highest BCUT2D eigenvalue weighted by Crippen LogP contribution is 2.15. The highest BCUT2D eigenvalue weighted by atomic mass is 16.3. The summed E-state index contributed by atoms with van der Waals surface area (Å²) in [6, 6.07) is 17.5. The van der Waals surface area contributed by atoms with Gasteiger partial charge in [0.2, 0.25) is 0 Å². The number of rotatable bonds is 8. The van der Waals surface area contributed by atoms with Gasteiger partial charge in [-0.05, 0) is 61.6 Å². The van der Waals surface area contributed by atoms with E-state index in [4.69, 9.17) is 0 Å². The maximum Gasteiger partial charge on any atom is 0.251 e. The van der Waals surface area contributed by atoms with Crippen molar-refractivity contribution in [3.63, 3.8) is 0 Å². The number of hydrogen-bond donors (Lipinski definition) is 2. The number of aryl methyl sites for hydroxylation is 1. The number of carbonyl (C=O) groups excluding carboxylic acids is 1. The summed E-state index contributed by atoms with van der Waals surface area (Å²) in [6.45, 7) is 4.73. The third kappa shape index (κ3) is 5.79. The fourth-order valence-corrected chi connectivity index (χ4v) is 3.05. The minimum atomic E-state index is -0.712. The van der Waals surface area contributed by atoms with Gasteiger partial charge in [-0.25, -0.2) is 0 Å². The van der Waals surface area contributed by atoms with Crippen LogP contribution in [0.5, 0.6) is 0 Å². The van der Waals surface area contributed by atoms with Crippen molar-refractivity contribution in [3.8, 4) is 0 Å². The minimum Gasteiger partial charge on any atom is -0.390 e. The van der Waals surface area contributed by atoms with Gasteiger partial charge in [0, 0.05) is 24.5 Å². The lowest BCUT2D eigenvalue weighted by Gasteiger charge is -2.16. The van der Waals surface area contributed by atoms with E-state index in [0.29, 0.717) is 25.1 Å². The molecule has 2 N–H and O–H groups in total. The van der Waals surface area contributed by atoms with Gasteiger partial charge in [0.1, 0.15) is 0 Å². The van der Waals surface area contributed by atoms with Gasteiger partial charge < -0.3 is 10.4 Å². The third-order valence-corrected chi connectivity index (χ3v) is 4.66. The van der Waals surface area contributed by atoms with E-state index in [1.54, 1.807) is 20.0 Å². The van der Waals surface area contributed by atoms with Crippen molar-refractivity contribution in [1.29, 1.82) is 0 Å². The zero-order valence-corrected chi connectivity index (χ0v) is 16.4. The molecule has 0 unspecified atom stereocenters. The van der Waals surface area contributed by atoms with Crippen LogP contribution in [0.4, 0.5) is 0 Å². The second kappa shape index (κ2) is 8.85. The molecule has 0 aliphatic heterocycles. The number of benzene rings is 2. The van der Waals surface area contributed by atoms with E-state index in [1.165, 1.54) is 0 Å². The number of amides is 1. The monoisotopic (exact) mass is 377 g/mol. The zero-order valence-electron chi connectivity index (χ0n) is 16.4. The molecule has 1 aromatic heterocycles. The predicted octanol–water partition coefficient (Wildman–Crippen LogP) is 3.56. The van der Waals surface area contributed by atoms with Gasteiger partial charge in [-0.2, -0.15) is 5.10 Å². The van der Waals surface area contributed by atoms with Crippen LogP contribution in [-0.2, 0) is 19.5 Å². The van der Waals surface area contributed by atoms with Crippen LogP contribution >= 0.6 is 0 Å². The number of carbonyl (C=O) groups is 1. The zero-order chi connectivity index (χ0) is 20.0. The molecular formula is C23H27N3O2. The lowest BCUT2D eigenvalue weighted by Crippen LogP contribution is -2.24. The normalized spacial score (nSPS) is 11.4. The summed E-state index contributed by atoms with van der Waals surface area (Å²) >= 11 is 0. The first-order chi connectivity index (χ1) is 13.4. The maximum atomic E-state index is 12.6. The second-order valence-electron chi connectivity index (χ2n) is 7.67. The largest absolute Gasteiger partial charge is 0.390 e. The molecule has 0 aliphatic rings. The molecule has 1 amide bonds. The Kier molecular flexibility index (Phi) is 6.26. The Morgan fingerprint density at radius 2 is 1.89 bits per heavy atom. The molecule has 0 saturated carbocycles. The number of aromatic nitrogens is 2. The van der Waals surface area contributed by atoms with E-state index >= 15 is 0 Å². The standard InChI is InChI=1S/C23H27N3O2/c1-23(2,28)12-11-18-7-5-10-19(15-18)22(27)24-16-20-8-3-4-9-21(20)17-26-14-6-13-25-26/h3-10,13-15,28H,11-12,16-17H2,1-2H3,(H,24,27). The van der Waals surface area contributed by atoms with E-state index in [-0.39, 0.29) is 5.91 Å². The quantitative estimate of drug-likeness (QED) is 0.631. The van der Waals surface area contributed by atoms with Crippen molar-refractivity contribution in [1.82, 2.24) is 15.1 Å². The highest BCUT2D eigenvalue weighted by molar-refractivity contribution is 5.94. The predicted molar refractivity (Wildman–Crippen MR) is 110 cm³/mol. The molecule has 0 bridgehead atoms. The molecule has 0 fully saturated rings. The topological polar surface area (TPSA) is 67.2 Å². The van der Waals surface area contributed by atoms with E-state index in [2.05, 4.69) is 16.5 Å². The lowest BCUT2D eigenvalue weighted by molar-refractivity contribution is 0.0714. The molecule has 0 saturated heterocycles. The first-order valence-corrected chi connectivity index (χ1v) is 9.54. The van der Waals surface area contributed by atoms with E-state index in [0.717, 1.165) is 23.1 Å².